The van der Waals surface area contributed by atoms with Gasteiger partial charge in [-0.3, -0.25) is 9.59 Å². The Kier molecular flexibility index (Phi) is 4.67. The van der Waals surface area contributed by atoms with Crippen molar-refractivity contribution in [3.05, 3.63) is 70.5 Å². The minimum Gasteiger partial charge on any atom is -0.370 e. The maximum absolute atomic E-state index is 12.8. The Balaban J connectivity index is 1.62. The number of carbonyl (C=O) groups excluding carboxylic acids is 1. The highest BCUT2D eigenvalue weighted by Gasteiger charge is 2.20. The second-order valence-electron chi connectivity index (χ2n) is 7.22. The molecule has 5 nitrogen and oxygen atoms in total. The third-order valence-corrected chi connectivity index (χ3v) is 5.31. The number of nitrogens with one attached hydrogen (secondary N) is 2. The van der Waals surface area contributed by atoms with E-state index in [4.69, 9.17) is 0 Å². The fraction of sp³-hybridized carbons (Fsp3) is 0.273. The van der Waals surface area contributed by atoms with Gasteiger partial charge in [-0.2, -0.15) is 0 Å². The quantitative estimate of drug-likeness (QED) is 0.741. The highest BCUT2D eigenvalue weighted by molar-refractivity contribution is 6.07. The van der Waals surface area contributed by atoms with E-state index in [1.54, 1.807) is 12.1 Å². The molecule has 1 aromatic heterocycles. The van der Waals surface area contributed by atoms with Crippen LogP contribution in [0.3, 0.4) is 0 Å². The van der Waals surface area contributed by atoms with E-state index < -0.39 is 0 Å². The zero-order chi connectivity index (χ0) is 18.8. The van der Waals surface area contributed by atoms with Crippen LogP contribution in [0.5, 0.6) is 0 Å². The highest BCUT2D eigenvalue weighted by atomic mass is 16.2. The van der Waals surface area contributed by atoms with E-state index in [-0.39, 0.29) is 16.9 Å². The van der Waals surface area contributed by atoms with Gasteiger partial charge in [-0.25, -0.2) is 0 Å². The van der Waals surface area contributed by atoms with Gasteiger partial charge in [0.05, 0.1) is 11.4 Å². The first-order valence-electron chi connectivity index (χ1n) is 9.39. The maximum Gasteiger partial charge on any atom is 0.261 e. The number of hydrogen-bond donors (Lipinski definition) is 2. The lowest BCUT2D eigenvalue weighted by Crippen LogP contribution is -2.33. The summed E-state index contributed by atoms with van der Waals surface area (Å²) in [7, 11) is 0. The minimum absolute atomic E-state index is 0.121. The summed E-state index contributed by atoms with van der Waals surface area (Å²) in [5.41, 5.74) is 2.34. The zero-order valence-corrected chi connectivity index (χ0v) is 15.4. The smallest absolute Gasteiger partial charge is 0.261 e. The first-order chi connectivity index (χ1) is 13.1. The first kappa shape index (κ1) is 17.3. The molecule has 3 aromatic rings. The number of pyridine rings is 1. The second-order valence-corrected chi connectivity index (χ2v) is 7.22. The molecule has 0 bridgehead atoms. The fourth-order valence-corrected chi connectivity index (χ4v) is 3.63. The molecule has 0 radical (unpaired) electrons. The molecule has 2 N–H and O–H groups in total. The average Bonchev–Trinajstić information content (AvgIpc) is 2.69. The molecule has 1 amide bonds. The normalized spacial score (nSPS) is 15.1. The fourth-order valence-electron chi connectivity index (χ4n) is 3.63. The van der Waals surface area contributed by atoms with Crippen LogP contribution >= 0.6 is 0 Å². The Hall–Kier alpha value is -3.08. The molecular formula is C22H23N3O2. The van der Waals surface area contributed by atoms with Crippen molar-refractivity contribution < 1.29 is 4.79 Å². The number of piperidine rings is 1. The SMILES string of the molecule is CC1CCN(c2ccccc2NC(=O)c2c[nH]c3ccccc3c2=O)CC1. The van der Waals surface area contributed by atoms with Crippen molar-refractivity contribution in [2.24, 2.45) is 5.92 Å². The van der Waals surface area contributed by atoms with Gasteiger partial charge >= 0.3 is 0 Å². The van der Waals surface area contributed by atoms with Gasteiger partial charge in [0.25, 0.3) is 5.91 Å². The summed E-state index contributed by atoms with van der Waals surface area (Å²) >= 11 is 0. The number of amides is 1. The summed E-state index contributed by atoms with van der Waals surface area (Å²) < 4.78 is 0. The van der Waals surface area contributed by atoms with Crippen molar-refractivity contribution in [2.75, 3.05) is 23.3 Å². The molecule has 5 heteroatoms. The molecule has 0 spiro atoms. The number of H-pyrrole nitrogens is 1. The standard InChI is InChI=1S/C22H23N3O2/c1-15-10-12-25(13-11-15)20-9-5-4-8-19(20)24-22(27)17-14-23-18-7-3-2-6-16(18)21(17)26/h2-9,14-15H,10-13H2,1H3,(H,23,26)(H,24,27). The third kappa shape index (κ3) is 3.45. The van der Waals surface area contributed by atoms with Crippen molar-refractivity contribution in [2.45, 2.75) is 19.8 Å². The lowest BCUT2D eigenvalue weighted by Gasteiger charge is -2.33. The number of para-hydroxylation sites is 3. The highest BCUT2D eigenvalue weighted by Crippen LogP contribution is 2.29. The van der Waals surface area contributed by atoms with E-state index in [0.717, 1.165) is 48.7 Å². The molecule has 1 aliphatic rings. The van der Waals surface area contributed by atoms with Crippen LogP contribution in [0.15, 0.2) is 59.5 Å². The third-order valence-electron chi connectivity index (χ3n) is 5.31. The van der Waals surface area contributed by atoms with Crippen LogP contribution in [-0.2, 0) is 0 Å². The Morgan fingerprint density at radius 3 is 2.59 bits per heavy atom. The number of nitrogens with zero attached hydrogens (tertiary/aromatic N) is 1. The van der Waals surface area contributed by atoms with Crippen molar-refractivity contribution in [1.29, 1.82) is 0 Å². The Bertz CT molecular complexity index is 1030. The predicted molar refractivity (Wildman–Crippen MR) is 110 cm³/mol. The van der Waals surface area contributed by atoms with E-state index in [1.165, 1.54) is 6.20 Å². The van der Waals surface area contributed by atoms with Gasteiger partial charge in [-0.15, -0.1) is 0 Å². The minimum atomic E-state index is -0.389. The molecule has 1 fully saturated rings. The van der Waals surface area contributed by atoms with Gasteiger partial charge in [-0.1, -0.05) is 31.2 Å². The summed E-state index contributed by atoms with van der Waals surface area (Å²) in [4.78, 5) is 30.9. The van der Waals surface area contributed by atoms with E-state index >= 15 is 0 Å². The number of anilines is 2. The Labute approximate surface area is 158 Å². The molecule has 1 aliphatic heterocycles. The van der Waals surface area contributed by atoms with Crippen molar-refractivity contribution in [1.82, 2.24) is 4.98 Å². The molecule has 1 saturated heterocycles. The number of aromatic amines is 1. The molecule has 0 aliphatic carbocycles. The summed E-state index contributed by atoms with van der Waals surface area (Å²) in [6.07, 6.45) is 3.78. The largest absolute Gasteiger partial charge is 0.370 e. The molecule has 2 heterocycles. The van der Waals surface area contributed by atoms with Gasteiger partial charge in [0.15, 0.2) is 0 Å². The van der Waals surface area contributed by atoms with Crippen molar-refractivity contribution in [3.8, 4) is 0 Å². The van der Waals surface area contributed by atoms with Crippen LogP contribution in [0.2, 0.25) is 0 Å². The van der Waals surface area contributed by atoms with Crippen molar-refractivity contribution >= 4 is 28.2 Å². The monoisotopic (exact) mass is 361 g/mol. The van der Waals surface area contributed by atoms with E-state index in [0.29, 0.717) is 5.39 Å². The molecule has 2 aromatic carbocycles. The summed E-state index contributed by atoms with van der Waals surface area (Å²) in [6, 6.07) is 15.0. The van der Waals surface area contributed by atoms with E-state index in [1.807, 2.05) is 36.4 Å². The van der Waals surface area contributed by atoms with Gasteiger partial charge in [-0.05, 0) is 43.0 Å². The van der Waals surface area contributed by atoms with Crippen LogP contribution < -0.4 is 15.6 Å². The van der Waals surface area contributed by atoms with Crippen LogP contribution in [0.4, 0.5) is 11.4 Å². The molecular weight excluding hydrogens is 338 g/mol. The molecule has 0 saturated carbocycles. The number of rotatable bonds is 3. The summed E-state index contributed by atoms with van der Waals surface area (Å²) in [6.45, 7) is 4.23. The first-order valence-corrected chi connectivity index (χ1v) is 9.39. The van der Waals surface area contributed by atoms with Gasteiger partial charge < -0.3 is 15.2 Å². The molecule has 27 heavy (non-hydrogen) atoms. The van der Waals surface area contributed by atoms with Gasteiger partial charge in [0, 0.05) is 30.2 Å². The lowest BCUT2D eigenvalue weighted by molar-refractivity contribution is 0.102. The van der Waals surface area contributed by atoms with E-state index in [9.17, 15) is 9.59 Å². The number of hydrogen-bond acceptors (Lipinski definition) is 3. The predicted octanol–water partition coefficient (Wildman–Crippen LogP) is 4.02. The molecule has 0 unspecified atom stereocenters. The Morgan fingerprint density at radius 1 is 1.07 bits per heavy atom. The van der Waals surface area contributed by atoms with E-state index in [2.05, 4.69) is 22.1 Å². The second kappa shape index (κ2) is 7.27. The summed E-state index contributed by atoms with van der Waals surface area (Å²) in [5, 5.41) is 3.46. The molecule has 0 atom stereocenters. The number of benzene rings is 2. The maximum atomic E-state index is 12.8. The Morgan fingerprint density at radius 2 is 1.78 bits per heavy atom. The lowest BCUT2D eigenvalue weighted by atomic mass is 9.98. The number of carbonyl (C=O) groups is 1. The number of fused-ring (bicyclic) bond motifs is 1. The average molecular weight is 361 g/mol. The zero-order valence-electron chi connectivity index (χ0n) is 15.4. The number of aromatic nitrogens is 1. The molecule has 4 rings (SSSR count). The van der Waals surface area contributed by atoms with Crippen LogP contribution in [0.25, 0.3) is 10.9 Å². The van der Waals surface area contributed by atoms with Crippen LogP contribution in [-0.4, -0.2) is 24.0 Å². The van der Waals surface area contributed by atoms with Crippen molar-refractivity contribution in [3.63, 3.8) is 0 Å². The van der Waals surface area contributed by atoms with Gasteiger partial charge in [0.1, 0.15) is 5.56 Å². The topological polar surface area (TPSA) is 65.2 Å². The van der Waals surface area contributed by atoms with Crippen LogP contribution in [0, 0.1) is 5.92 Å². The summed E-state index contributed by atoms with van der Waals surface area (Å²) in [5.74, 6) is 0.346. The van der Waals surface area contributed by atoms with Gasteiger partial charge in [0.2, 0.25) is 5.43 Å². The van der Waals surface area contributed by atoms with Crippen LogP contribution in [0.1, 0.15) is 30.1 Å². The molecule has 138 valence electrons.